The van der Waals surface area contributed by atoms with E-state index in [4.69, 9.17) is 0 Å². The average molecular weight is 287 g/mol. The van der Waals surface area contributed by atoms with Crippen molar-refractivity contribution in [3.8, 4) is 0 Å². The number of rotatable bonds is 3. The molecule has 1 amide bonds. The molecule has 2 rings (SSSR count). The van der Waals surface area contributed by atoms with Gasteiger partial charge in [-0.1, -0.05) is 45.9 Å². The highest BCUT2D eigenvalue weighted by molar-refractivity contribution is 6.00. The van der Waals surface area contributed by atoms with Crippen molar-refractivity contribution in [3.05, 3.63) is 35.4 Å². The molecule has 1 heterocycles. The molecule has 0 radical (unpaired) electrons. The number of nitrogens with zero attached hydrogens (tertiary/aromatic N) is 1. The highest BCUT2D eigenvalue weighted by atomic mass is 16.2. The van der Waals surface area contributed by atoms with E-state index in [9.17, 15) is 9.59 Å². The second-order valence-corrected chi connectivity index (χ2v) is 6.78. The van der Waals surface area contributed by atoms with Gasteiger partial charge in [0.1, 0.15) is 0 Å². The Labute approximate surface area is 127 Å². The Hall–Kier alpha value is -1.64. The third-order valence-electron chi connectivity index (χ3n) is 4.18. The van der Waals surface area contributed by atoms with E-state index in [0.717, 1.165) is 30.4 Å². The summed E-state index contributed by atoms with van der Waals surface area (Å²) in [6.07, 6.45) is 2.52. The Morgan fingerprint density at radius 2 is 1.90 bits per heavy atom. The van der Waals surface area contributed by atoms with E-state index in [1.807, 2.05) is 52.0 Å². The number of carbonyl (C=O) groups excluding carboxylic acids is 2. The van der Waals surface area contributed by atoms with Crippen LogP contribution in [0.2, 0.25) is 0 Å². The predicted molar refractivity (Wildman–Crippen MR) is 84.3 cm³/mol. The molecule has 1 aliphatic heterocycles. The lowest BCUT2D eigenvalue weighted by atomic mass is 9.85. The standard InChI is InChI=1S/C18H25NO2/c1-5-13-9-6-7-10-14(13)17(21)19-12-8-11-15(19)16(20)18(2,3)4/h6-7,9-10,15H,5,8,11-12H2,1-4H3/t15-/m0/s1. The molecule has 3 heteroatoms. The number of hydrogen-bond donors (Lipinski definition) is 0. The van der Waals surface area contributed by atoms with Gasteiger partial charge in [-0.3, -0.25) is 9.59 Å². The third kappa shape index (κ3) is 3.17. The van der Waals surface area contributed by atoms with Crippen LogP contribution in [0, 0.1) is 5.41 Å². The number of amides is 1. The minimum Gasteiger partial charge on any atom is -0.329 e. The second kappa shape index (κ2) is 6.00. The predicted octanol–water partition coefficient (Wildman–Crippen LogP) is 3.47. The quantitative estimate of drug-likeness (QED) is 0.853. The lowest BCUT2D eigenvalue weighted by molar-refractivity contribution is -0.130. The number of hydrogen-bond acceptors (Lipinski definition) is 2. The van der Waals surface area contributed by atoms with Gasteiger partial charge in [0.25, 0.3) is 5.91 Å². The van der Waals surface area contributed by atoms with E-state index in [0.29, 0.717) is 6.54 Å². The van der Waals surface area contributed by atoms with Crippen molar-refractivity contribution in [1.82, 2.24) is 4.90 Å². The van der Waals surface area contributed by atoms with Gasteiger partial charge in [-0.05, 0) is 30.9 Å². The molecule has 1 aromatic rings. The molecule has 1 atom stereocenters. The first-order valence-corrected chi connectivity index (χ1v) is 7.79. The van der Waals surface area contributed by atoms with Gasteiger partial charge in [-0.2, -0.15) is 0 Å². The monoisotopic (exact) mass is 287 g/mol. The fraction of sp³-hybridized carbons (Fsp3) is 0.556. The highest BCUT2D eigenvalue weighted by Crippen LogP contribution is 2.28. The van der Waals surface area contributed by atoms with Gasteiger partial charge in [0, 0.05) is 17.5 Å². The summed E-state index contributed by atoms with van der Waals surface area (Å²) >= 11 is 0. The maximum Gasteiger partial charge on any atom is 0.254 e. The Balaban J connectivity index is 2.28. The molecule has 0 unspecified atom stereocenters. The summed E-state index contributed by atoms with van der Waals surface area (Å²) in [4.78, 5) is 27.2. The van der Waals surface area contributed by atoms with Crippen LogP contribution in [0.3, 0.4) is 0 Å². The maximum atomic E-state index is 12.8. The molecular formula is C18H25NO2. The minimum atomic E-state index is -0.405. The molecule has 0 N–H and O–H groups in total. The first kappa shape index (κ1) is 15.7. The molecule has 1 saturated heterocycles. The van der Waals surface area contributed by atoms with Crippen LogP contribution < -0.4 is 0 Å². The van der Waals surface area contributed by atoms with Gasteiger partial charge in [0.15, 0.2) is 5.78 Å². The number of aryl methyl sites for hydroxylation is 1. The molecule has 114 valence electrons. The maximum absolute atomic E-state index is 12.8. The molecule has 0 aromatic heterocycles. The van der Waals surface area contributed by atoms with Crippen molar-refractivity contribution < 1.29 is 9.59 Å². The normalized spacial score (nSPS) is 18.9. The zero-order valence-corrected chi connectivity index (χ0v) is 13.5. The van der Waals surface area contributed by atoms with E-state index in [1.54, 1.807) is 4.90 Å². The van der Waals surface area contributed by atoms with Gasteiger partial charge in [-0.15, -0.1) is 0 Å². The van der Waals surface area contributed by atoms with Gasteiger partial charge >= 0.3 is 0 Å². The third-order valence-corrected chi connectivity index (χ3v) is 4.18. The number of benzene rings is 1. The number of Topliss-reactive ketones (excluding diaryl/α,β-unsaturated/α-hetero) is 1. The van der Waals surface area contributed by atoms with Gasteiger partial charge in [0.05, 0.1) is 6.04 Å². The largest absolute Gasteiger partial charge is 0.329 e. The van der Waals surface area contributed by atoms with Crippen LogP contribution in [0.5, 0.6) is 0 Å². The summed E-state index contributed by atoms with van der Waals surface area (Å²) < 4.78 is 0. The van der Waals surface area contributed by atoms with E-state index in [-0.39, 0.29) is 17.7 Å². The molecule has 3 nitrogen and oxygen atoms in total. The average Bonchev–Trinajstić information content (AvgIpc) is 2.93. The lowest BCUT2D eigenvalue weighted by Crippen LogP contribution is -2.45. The topological polar surface area (TPSA) is 37.4 Å². The molecule has 0 aliphatic carbocycles. The molecule has 1 fully saturated rings. The molecule has 0 spiro atoms. The van der Waals surface area contributed by atoms with Crippen molar-refractivity contribution in [2.75, 3.05) is 6.54 Å². The first-order valence-electron chi connectivity index (χ1n) is 7.79. The number of carbonyl (C=O) groups is 2. The van der Waals surface area contributed by atoms with Gasteiger partial charge in [-0.25, -0.2) is 0 Å². The zero-order valence-electron chi connectivity index (χ0n) is 13.5. The molecule has 21 heavy (non-hydrogen) atoms. The van der Waals surface area contributed by atoms with E-state index in [1.165, 1.54) is 0 Å². The fourth-order valence-electron chi connectivity index (χ4n) is 2.97. The highest BCUT2D eigenvalue weighted by Gasteiger charge is 2.39. The fourth-order valence-corrected chi connectivity index (χ4v) is 2.97. The molecular weight excluding hydrogens is 262 g/mol. The summed E-state index contributed by atoms with van der Waals surface area (Å²) in [5.74, 6) is 0.176. The van der Waals surface area contributed by atoms with Crippen molar-refractivity contribution in [2.24, 2.45) is 5.41 Å². The van der Waals surface area contributed by atoms with Crippen LogP contribution in [-0.2, 0) is 11.2 Å². The van der Waals surface area contributed by atoms with Crippen molar-refractivity contribution in [2.45, 2.75) is 53.0 Å². The first-order chi connectivity index (χ1) is 9.86. The van der Waals surface area contributed by atoms with Crippen molar-refractivity contribution in [1.29, 1.82) is 0 Å². The Kier molecular flexibility index (Phi) is 4.50. The zero-order chi connectivity index (χ0) is 15.6. The SMILES string of the molecule is CCc1ccccc1C(=O)N1CCC[C@H]1C(=O)C(C)(C)C. The van der Waals surface area contributed by atoms with Crippen molar-refractivity contribution in [3.63, 3.8) is 0 Å². The summed E-state index contributed by atoms with van der Waals surface area (Å²) in [7, 11) is 0. The van der Waals surface area contributed by atoms with E-state index < -0.39 is 5.41 Å². The molecule has 0 saturated carbocycles. The summed E-state index contributed by atoms with van der Waals surface area (Å²) in [6, 6.07) is 7.45. The Bertz CT molecular complexity index is 542. The molecule has 0 bridgehead atoms. The Morgan fingerprint density at radius 1 is 1.24 bits per heavy atom. The molecule has 1 aliphatic rings. The van der Waals surface area contributed by atoms with Crippen LogP contribution in [0.25, 0.3) is 0 Å². The van der Waals surface area contributed by atoms with Crippen LogP contribution in [0.15, 0.2) is 24.3 Å². The summed E-state index contributed by atoms with van der Waals surface area (Å²) in [5, 5.41) is 0. The molecule has 1 aromatic carbocycles. The smallest absolute Gasteiger partial charge is 0.254 e. The van der Waals surface area contributed by atoms with Gasteiger partial charge < -0.3 is 4.90 Å². The van der Waals surface area contributed by atoms with Crippen LogP contribution in [0.4, 0.5) is 0 Å². The number of likely N-dealkylation sites (tertiary alicyclic amines) is 1. The summed E-state index contributed by atoms with van der Waals surface area (Å²) in [6.45, 7) is 8.51. The van der Waals surface area contributed by atoms with Crippen LogP contribution >= 0.6 is 0 Å². The van der Waals surface area contributed by atoms with Crippen LogP contribution in [0.1, 0.15) is 56.5 Å². The van der Waals surface area contributed by atoms with Gasteiger partial charge in [0.2, 0.25) is 0 Å². The minimum absolute atomic E-state index is 0.00699. The van der Waals surface area contributed by atoms with E-state index in [2.05, 4.69) is 0 Å². The Morgan fingerprint density at radius 3 is 2.52 bits per heavy atom. The van der Waals surface area contributed by atoms with Crippen LogP contribution in [-0.4, -0.2) is 29.2 Å². The van der Waals surface area contributed by atoms with E-state index >= 15 is 0 Å². The van der Waals surface area contributed by atoms with Crippen molar-refractivity contribution >= 4 is 11.7 Å². The lowest BCUT2D eigenvalue weighted by Gasteiger charge is -2.29. The summed E-state index contributed by atoms with van der Waals surface area (Å²) in [5.41, 5.74) is 1.39. The second-order valence-electron chi connectivity index (χ2n) is 6.78. The number of ketones is 1.